The predicted octanol–water partition coefficient (Wildman–Crippen LogP) is 3.24. The number of nitrogen functional groups attached to an aromatic ring is 1. The van der Waals surface area contributed by atoms with Crippen molar-refractivity contribution in [2.75, 3.05) is 5.73 Å². The third kappa shape index (κ3) is 2.44. The summed E-state index contributed by atoms with van der Waals surface area (Å²) in [5, 5.41) is 3.67. The first kappa shape index (κ1) is 12.0. The zero-order chi connectivity index (χ0) is 12.6. The van der Waals surface area contributed by atoms with Crippen LogP contribution in [0.2, 0.25) is 0 Å². The zero-order valence-corrected chi connectivity index (χ0v) is 9.96. The summed E-state index contributed by atoms with van der Waals surface area (Å²) < 4.78 is 38.9. The standard InChI is InChI=1S/C10H7BrF3N3/c11-8-3-7(15)1-2-9(8)17-5-6(4-16-17)10(12,13)14/h1-5H,15H2. The largest absolute Gasteiger partial charge is 0.419 e. The van der Waals surface area contributed by atoms with Crippen LogP contribution >= 0.6 is 15.9 Å². The van der Waals surface area contributed by atoms with E-state index in [0.717, 1.165) is 17.1 Å². The fourth-order valence-corrected chi connectivity index (χ4v) is 1.89. The van der Waals surface area contributed by atoms with Gasteiger partial charge < -0.3 is 5.73 Å². The minimum Gasteiger partial charge on any atom is -0.399 e. The van der Waals surface area contributed by atoms with Gasteiger partial charge in [0.05, 0.1) is 17.4 Å². The van der Waals surface area contributed by atoms with Crippen LogP contribution in [-0.2, 0) is 6.18 Å². The summed E-state index contributed by atoms with van der Waals surface area (Å²) in [4.78, 5) is 0. The highest BCUT2D eigenvalue weighted by molar-refractivity contribution is 9.10. The molecule has 2 aromatic rings. The molecule has 1 aromatic heterocycles. The van der Waals surface area contributed by atoms with E-state index in [2.05, 4.69) is 21.0 Å². The van der Waals surface area contributed by atoms with E-state index >= 15 is 0 Å². The van der Waals surface area contributed by atoms with Crippen LogP contribution in [0.5, 0.6) is 0 Å². The quantitative estimate of drug-likeness (QED) is 0.822. The van der Waals surface area contributed by atoms with Crippen molar-refractivity contribution < 1.29 is 13.2 Å². The van der Waals surface area contributed by atoms with E-state index in [-0.39, 0.29) is 0 Å². The Morgan fingerprint density at radius 3 is 2.53 bits per heavy atom. The number of benzene rings is 1. The van der Waals surface area contributed by atoms with Crippen molar-refractivity contribution in [1.82, 2.24) is 9.78 Å². The van der Waals surface area contributed by atoms with E-state index in [0.29, 0.717) is 15.8 Å². The second kappa shape index (κ2) is 4.06. The summed E-state index contributed by atoms with van der Waals surface area (Å²) >= 11 is 3.22. The van der Waals surface area contributed by atoms with Crippen LogP contribution in [-0.4, -0.2) is 9.78 Å². The maximum atomic E-state index is 12.4. The molecular weight excluding hydrogens is 299 g/mol. The molecule has 0 aliphatic rings. The van der Waals surface area contributed by atoms with Crippen LogP contribution in [0.25, 0.3) is 5.69 Å². The van der Waals surface area contributed by atoms with Crippen LogP contribution in [0.4, 0.5) is 18.9 Å². The average Bonchev–Trinajstić information content (AvgIpc) is 2.65. The maximum absolute atomic E-state index is 12.4. The molecule has 0 unspecified atom stereocenters. The van der Waals surface area contributed by atoms with Gasteiger partial charge in [-0.05, 0) is 34.1 Å². The Hall–Kier alpha value is -1.50. The van der Waals surface area contributed by atoms with Gasteiger partial charge in [-0.25, -0.2) is 4.68 Å². The lowest BCUT2D eigenvalue weighted by molar-refractivity contribution is -0.137. The van der Waals surface area contributed by atoms with Crippen LogP contribution in [0, 0.1) is 0 Å². The molecule has 0 bridgehead atoms. The van der Waals surface area contributed by atoms with Crippen LogP contribution in [0.15, 0.2) is 35.1 Å². The van der Waals surface area contributed by atoms with Gasteiger partial charge in [0.2, 0.25) is 0 Å². The van der Waals surface area contributed by atoms with E-state index in [9.17, 15) is 13.2 Å². The molecule has 2 N–H and O–H groups in total. The lowest BCUT2D eigenvalue weighted by Crippen LogP contribution is -2.03. The van der Waals surface area contributed by atoms with E-state index < -0.39 is 11.7 Å². The summed E-state index contributed by atoms with van der Waals surface area (Å²) in [6, 6.07) is 4.78. The third-order valence-corrected chi connectivity index (χ3v) is 2.76. The smallest absolute Gasteiger partial charge is 0.399 e. The third-order valence-electron chi connectivity index (χ3n) is 2.13. The molecule has 2 rings (SSSR count). The first-order chi connectivity index (χ1) is 7.88. The van der Waals surface area contributed by atoms with Gasteiger partial charge in [0, 0.05) is 16.4 Å². The minimum atomic E-state index is -4.39. The summed E-state index contributed by atoms with van der Waals surface area (Å²) in [6.45, 7) is 0. The van der Waals surface area contributed by atoms with Crippen molar-refractivity contribution in [3.8, 4) is 5.69 Å². The molecular formula is C10H7BrF3N3. The molecule has 0 atom stereocenters. The Kier molecular flexibility index (Phi) is 2.86. The topological polar surface area (TPSA) is 43.8 Å². The highest BCUT2D eigenvalue weighted by Crippen LogP contribution is 2.30. The first-order valence-electron chi connectivity index (χ1n) is 4.55. The monoisotopic (exact) mass is 305 g/mol. The van der Waals surface area contributed by atoms with Crippen LogP contribution in [0.1, 0.15) is 5.56 Å². The van der Waals surface area contributed by atoms with Gasteiger partial charge in [0.25, 0.3) is 0 Å². The summed E-state index contributed by atoms with van der Waals surface area (Å²) in [7, 11) is 0. The zero-order valence-electron chi connectivity index (χ0n) is 8.37. The lowest BCUT2D eigenvalue weighted by Gasteiger charge is -2.05. The molecule has 0 radical (unpaired) electrons. The molecule has 0 saturated carbocycles. The second-order valence-electron chi connectivity index (χ2n) is 3.38. The maximum Gasteiger partial charge on any atom is 0.419 e. The Labute approximate surface area is 103 Å². The highest BCUT2D eigenvalue weighted by Gasteiger charge is 2.32. The molecule has 1 aromatic carbocycles. The van der Waals surface area contributed by atoms with Crippen LogP contribution < -0.4 is 5.73 Å². The number of rotatable bonds is 1. The number of nitrogens with zero attached hydrogens (tertiary/aromatic N) is 2. The van der Waals surface area contributed by atoms with E-state index in [1.54, 1.807) is 18.2 Å². The molecule has 7 heteroatoms. The molecule has 0 saturated heterocycles. The molecule has 0 aliphatic carbocycles. The Bertz CT molecular complexity index is 548. The van der Waals surface area contributed by atoms with E-state index in [4.69, 9.17) is 5.73 Å². The normalized spacial score (nSPS) is 11.8. The fourth-order valence-electron chi connectivity index (χ4n) is 1.31. The lowest BCUT2D eigenvalue weighted by atomic mass is 10.3. The Balaban J connectivity index is 2.44. The molecule has 17 heavy (non-hydrogen) atoms. The van der Waals surface area contributed by atoms with Gasteiger partial charge in [-0.2, -0.15) is 18.3 Å². The molecule has 0 aliphatic heterocycles. The predicted molar refractivity (Wildman–Crippen MR) is 60.7 cm³/mol. The van der Waals surface area contributed by atoms with Crippen molar-refractivity contribution in [2.45, 2.75) is 6.18 Å². The SMILES string of the molecule is Nc1ccc(-n2cc(C(F)(F)F)cn2)c(Br)c1. The van der Waals surface area contributed by atoms with Crippen molar-refractivity contribution in [2.24, 2.45) is 0 Å². The van der Waals surface area contributed by atoms with E-state index in [1.165, 1.54) is 0 Å². The molecule has 0 fully saturated rings. The average molecular weight is 306 g/mol. The number of nitrogens with two attached hydrogens (primary N) is 1. The van der Waals surface area contributed by atoms with Crippen molar-refractivity contribution >= 4 is 21.6 Å². The summed E-state index contributed by atoms with van der Waals surface area (Å²) in [5.74, 6) is 0. The van der Waals surface area contributed by atoms with Gasteiger partial charge in [-0.1, -0.05) is 0 Å². The second-order valence-corrected chi connectivity index (χ2v) is 4.24. The van der Waals surface area contributed by atoms with Crippen molar-refractivity contribution in [1.29, 1.82) is 0 Å². The van der Waals surface area contributed by atoms with Gasteiger partial charge >= 0.3 is 6.18 Å². The molecule has 0 amide bonds. The summed E-state index contributed by atoms with van der Waals surface area (Å²) in [5.41, 5.74) is 5.76. The van der Waals surface area contributed by atoms with Gasteiger partial charge in [-0.15, -0.1) is 0 Å². The number of hydrogen-bond acceptors (Lipinski definition) is 2. The number of anilines is 1. The Morgan fingerprint density at radius 1 is 1.29 bits per heavy atom. The summed E-state index contributed by atoms with van der Waals surface area (Å²) in [6.07, 6.45) is -2.68. The van der Waals surface area contributed by atoms with Gasteiger partial charge in [0.1, 0.15) is 0 Å². The van der Waals surface area contributed by atoms with E-state index in [1.807, 2.05) is 0 Å². The molecule has 90 valence electrons. The van der Waals surface area contributed by atoms with Crippen molar-refractivity contribution in [3.05, 3.63) is 40.6 Å². The minimum absolute atomic E-state index is 0.495. The first-order valence-corrected chi connectivity index (χ1v) is 5.34. The van der Waals surface area contributed by atoms with Gasteiger partial charge in [0.15, 0.2) is 0 Å². The Morgan fingerprint density at radius 2 is 2.00 bits per heavy atom. The fraction of sp³-hybridized carbons (Fsp3) is 0.100. The van der Waals surface area contributed by atoms with Crippen LogP contribution in [0.3, 0.4) is 0 Å². The molecule has 0 spiro atoms. The number of aromatic nitrogens is 2. The van der Waals surface area contributed by atoms with Crippen molar-refractivity contribution in [3.63, 3.8) is 0 Å². The molecule has 3 nitrogen and oxygen atoms in total. The number of alkyl halides is 3. The number of halogens is 4. The van der Waals surface area contributed by atoms with Gasteiger partial charge in [-0.3, -0.25) is 0 Å². The highest BCUT2D eigenvalue weighted by atomic mass is 79.9. The molecule has 1 heterocycles. The number of hydrogen-bond donors (Lipinski definition) is 1.